The van der Waals surface area contributed by atoms with E-state index in [1.807, 2.05) is 49.4 Å². The SMILES string of the molecule is CCOc1ccc([C@H](O)CCC(=O)N/N=C\c2cc(Br)c(OCc3ccccc3)c(Br)c2)cc1. The van der Waals surface area contributed by atoms with Crippen molar-refractivity contribution >= 4 is 44.0 Å². The van der Waals surface area contributed by atoms with Gasteiger partial charge in [-0.05, 0) is 86.2 Å². The zero-order valence-electron chi connectivity index (χ0n) is 18.7. The minimum absolute atomic E-state index is 0.144. The van der Waals surface area contributed by atoms with Gasteiger partial charge in [0, 0.05) is 6.42 Å². The lowest BCUT2D eigenvalue weighted by Crippen LogP contribution is -2.18. The second kappa shape index (κ2) is 13.3. The van der Waals surface area contributed by atoms with Crippen molar-refractivity contribution in [1.82, 2.24) is 5.43 Å². The van der Waals surface area contributed by atoms with Crippen molar-refractivity contribution in [1.29, 1.82) is 0 Å². The first-order valence-corrected chi connectivity index (χ1v) is 12.4. The summed E-state index contributed by atoms with van der Waals surface area (Å²) in [5.74, 6) is 1.16. The Bertz CT molecular complexity index is 1080. The van der Waals surface area contributed by atoms with E-state index in [1.54, 1.807) is 30.5 Å². The van der Waals surface area contributed by atoms with Gasteiger partial charge in [0.15, 0.2) is 0 Å². The fourth-order valence-corrected chi connectivity index (χ4v) is 4.59. The average molecular weight is 590 g/mol. The molecule has 3 aromatic rings. The molecule has 0 aliphatic carbocycles. The van der Waals surface area contributed by atoms with Crippen LogP contribution in [0.3, 0.4) is 0 Å². The van der Waals surface area contributed by atoms with Gasteiger partial charge in [-0.2, -0.15) is 5.10 Å². The molecule has 6 nitrogen and oxygen atoms in total. The van der Waals surface area contributed by atoms with E-state index in [2.05, 4.69) is 42.4 Å². The minimum Gasteiger partial charge on any atom is -0.494 e. The molecule has 0 fully saturated rings. The van der Waals surface area contributed by atoms with Crippen molar-refractivity contribution in [3.05, 3.63) is 92.4 Å². The Balaban J connectivity index is 1.47. The van der Waals surface area contributed by atoms with Gasteiger partial charge >= 0.3 is 0 Å². The van der Waals surface area contributed by atoms with E-state index in [0.717, 1.165) is 31.4 Å². The standard InChI is InChI=1S/C26H26Br2N2O4/c1-2-33-21-10-8-20(9-11-21)24(31)12-13-25(32)30-29-16-19-14-22(27)26(23(28)15-19)34-17-18-6-4-3-5-7-18/h3-11,14-16,24,31H,2,12-13,17H2,1H3,(H,30,32)/b29-16-/t24-/m1/s1. The number of hydrogen-bond donors (Lipinski definition) is 2. The lowest BCUT2D eigenvalue weighted by Gasteiger charge is -2.12. The van der Waals surface area contributed by atoms with Gasteiger partial charge in [-0.1, -0.05) is 42.5 Å². The molecule has 1 amide bonds. The number of hydrazone groups is 1. The van der Waals surface area contributed by atoms with Crippen LogP contribution in [0.4, 0.5) is 0 Å². The average Bonchev–Trinajstić information content (AvgIpc) is 2.83. The largest absolute Gasteiger partial charge is 0.494 e. The molecule has 8 heteroatoms. The molecule has 0 aliphatic heterocycles. The molecule has 34 heavy (non-hydrogen) atoms. The fraction of sp³-hybridized carbons (Fsp3) is 0.231. The zero-order valence-corrected chi connectivity index (χ0v) is 21.9. The smallest absolute Gasteiger partial charge is 0.240 e. The normalized spacial score (nSPS) is 11.9. The van der Waals surface area contributed by atoms with Crippen molar-refractivity contribution in [3.63, 3.8) is 0 Å². The van der Waals surface area contributed by atoms with Crippen LogP contribution in [-0.2, 0) is 11.4 Å². The molecule has 0 aromatic heterocycles. The molecule has 0 unspecified atom stereocenters. The zero-order chi connectivity index (χ0) is 24.3. The first kappa shape index (κ1) is 25.9. The number of amides is 1. The third kappa shape index (κ3) is 7.97. The van der Waals surface area contributed by atoms with E-state index < -0.39 is 6.10 Å². The van der Waals surface area contributed by atoms with Crippen LogP contribution in [0.25, 0.3) is 0 Å². The number of benzene rings is 3. The molecule has 178 valence electrons. The maximum Gasteiger partial charge on any atom is 0.240 e. The lowest BCUT2D eigenvalue weighted by atomic mass is 10.0. The molecule has 0 radical (unpaired) electrons. The van der Waals surface area contributed by atoms with Crippen LogP contribution >= 0.6 is 31.9 Å². The summed E-state index contributed by atoms with van der Waals surface area (Å²) in [5.41, 5.74) is 5.09. The molecule has 2 N–H and O–H groups in total. The Morgan fingerprint density at radius 3 is 2.38 bits per heavy atom. The number of nitrogens with one attached hydrogen (secondary N) is 1. The molecule has 0 bridgehead atoms. The monoisotopic (exact) mass is 588 g/mol. The maximum atomic E-state index is 12.1. The van der Waals surface area contributed by atoms with Crippen LogP contribution in [0.1, 0.15) is 42.6 Å². The highest BCUT2D eigenvalue weighted by atomic mass is 79.9. The molecule has 0 aliphatic rings. The van der Waals surface area contributed by atoms with Crippen LogP contribution in [0.5, 0.6) is 11.5 Å². The van der Waals surface area contributed by atoms with E-state index in [9.17, 15) is 9.90 Å². The number of halogens is 2. The number of aliphatic hydroxyl groups is 1. The minimum atomic E-state index is -0.735. The van der Waals surface area contributed by atoms with Crippen LogP contribution in [0, 0.1) is 0 Å². The summed E-state index contributed by atoms with van der Waals surface area (Å²) in [5, 5.41) is 14.3. The molecule has 0 spiro atoms. The molecule has 3 aromatic carbocycles. The number of carbonyl (C=O) groups is 1. The number of ether oxygens (including phenoxy) is 2. The van der Waals surface area contributed by atoms with Crippen molar-refractivity contribution in [2.24, 2.45) is 5.10 Å². The summed E-state index contributed by atoms with van der Waals surface area (Å²) in [7, 11) is 0. The number of rotatable bonds is 11. The highest BCUT2D eigenvalue weighted by molar-refractivity contribution is 9.11. The van der Waals surface area contributed by atoms with Gasteiger partial charge in [-0.15, -0.1) is 0 Å². The quantitative estimate of drug-likeness (QED) is 0.207. The molecule has 0 heterocycles. The Kier molecular flexibility index (Phi) is 10.1. The number of aliphatic hydroxyl groups excluding tert-OH is 1. The summed E-state index contributed by atoms with van der Waals surface area (Å²) >= 11 is 7.06. The summed E-state index contributed by atoms with van der Waals surface area (Å²) < 4.78 is 12.9. The Labute approximate surface area is 216 Å². The van der Waals surface area contributed by atoms with Gasteiger partial charge < -0.3 is 14.6 Å². The van der Waals surface area contributed by atoms with Crippen molar-refractivity contribution < 1.29 is 19.4 Å². The van der Waals surface area contributed by atoms with Crippen LogP contribution in [0.15, 0.2) is 80.8 Å². The first-order valence-electron chi connectivity index (χ1n) is 10.8. The molecule has 1 atom stereocenters. The first-order chi connectivity index (χ1) is 16.5. The molecule has 3 rings (SSSR count). The lowest BCUT2D eigenvalue weighted by molar-refractivity contribution is -0.121. The summed E-state index contributed by atoms with van der Waals surface area (Å²) in [6, 6.07) is 20.8. The van der Waals surface area contributed by atoms with E-state index in [1.165, 1.54) is 0 Å². The fourth-order valence-electron chi connectivity index (χ4n) is 3.14. The van der Waals surface area contributed by atoms with E-state index in [-0.39, 0.29) is 12.3 Å². The third-order valence-corrected chi connectivity index (χ3v) is 6.05. The highest BCUT2D eigenvalue weighted by Gasteiger charge is 2.11. The second-order valence-corrected chi connectivity index (χ2v) is 9.15. The Morgan fingerprint density at radius 1 is 1.06 bits per heavy atom. The van der Waals surface area contributed by atoms with E-state index in [0.29, 0.717) is 25.4 Å². The van der Waals surface area contributed by atoms with Crippen LogP contribution in [-0.4, -0.2) is 23.8 Å². The van der Waals surface area contributed by atoms with Gasteiger partial charge in [0.25, 0.3) is 0 Å². The second-order valence-electron chi connectivity index (χ2n) is 7.44. The third-order valence-electron chi connectivity index (χ3n) is 4.87. The summed E-state index contributed by atoms with van der Waals surface area (Å²) in [6.45, 7) is 2.95. The summed E-state index contributed by atoms with van der Waals surface area (Å²) in [4.78, 5) is 12.1. The number of nitrogens with zero attached hydrogens (tertiary/aromatic N) is 1. The van der Waals surface area contributed by atoms with Crippen LogP contribution < -0.4 is 14.9 Å². The van der Waals surface area contributed by atoms with Gasteiger partial charge in [0.1, 0.15) is 18.1 Å². The van der Waals surface area contributed by atoms with E-state index >= 15 is 0 Å². The van der Waals surface area contributed by atoms with Crippen LogP contribution in [0.2, 0.25) is 0 Å². The predicted molar refractivity (Wildman–Crippen MR) is 140 cm³/mol. The predicted octanol–water partition coefficient (Wildman–Crippen LogP) is 6.15. The highest BCUT2D eigenvalue weighted by Crippen LogP contribution is 2.35. The maximum absolute atomic E-state index is 12.1. The Hall–Kier alpha value is -2.68. The van der Waals surface area contributed by atoms with Crippen molar-refractivity contribution in [3.8, 4) is 11.5 Å². The molecular formula is C26H26Br2N2O4. The Morgan fingerprint density at radius 2 is 1.74 bits per heavy atom. The molecule has 0 saturated carbocycles. The number of carbonyl (C=O) groups excluding carboxylic acids is 1. The molecule has 0 saturated heterocycles. The van der Waals surface area contributed by atoms with Gasteiger partial charge in [0.2, 0.25) is 5.91 Å². The van der Waals surface area contributed by atoms with Crippen molar-refractivity contribution in [2.45, 2.75) is 32.5 Å². The summed E-state index contributed by atoms with van der Waals surface area (Å²) in [6.07, 6.45) is 1.25. The van der Waals surface area contributed by atoms with Gasteiger partial charge in [-0.25, -0.2) is 5.43 Å². The molecular weight excluding hydrogens is 564 g/mol. The number of hydrogen-bond acceptors (Lipinski definition) is 5. The van der Waals surface area contributed by atoms with Gasteiger partial charge in [-0.3, -0.25) is 4.79 Å². The topological polar surface area (TPSA) is 80.2 Å². The van der Waals surface area contributed by atoms with Crippen molar-refractivity contribution in [2.75, 3.05) is 6.61 Å². The van der Waals surface area contributed by atoms with E-state index in [4.69, 9.17) is 9.47 Å². The van der Waals surface area contributed by atoms with Gasteiger partial charge in [0.05, 0.1) is 27.9 Å².